The molecular weight excluding hydrogens is 781 g/mol. The molecule has 0 aliphatic heterocycles. The van der Waals surface area contributed by atoms with Crippen molar-refractivity contribution in [3.63, 3.8) is 0 Å². The SMILES string of the molecule is CCCCCCCCCCCCNCCCNC(=O)c1cc(C(=O)NCCCNCCCCCCCCCCCC)cc(C(=O)NCCCNCCCCCCCCCCCC)c1. The first-order chi connectivity index (χ1) is 31.0. The third-order valence-corrected chi connectivity index (χ3v) is 12.3. The van der Waals surface area contributed by atoms with Gasteiger partial charge >= 0.3 is 0 Å². The summed E-state index contributed by atoms with van der Waals surface area (Å²) >= 11 is 0. The Labute approximate surface area is 389 Å². The number of hydrogen-bond donors (Lipinski definition) is 6. The Morgan fingerprint density at radius 1 is 0.270 bits per heavy atom. The molecule has 0 aromatic heterocycles. The van der Waals surface area contributed by atoms with Gasteiger partial charge in [0.05, 0.1) is 0 Å². The van der Waals surface area contributed by atoms with Crippen molar-refractivity contribution in [1.29, 1.82) is 0 Å². The summed E-state index contributed by atoms with van der Waals surface area (Å²) in [5.74, 6) is -0.790. The molecule has 9 nitrogen and oxygen atoms in total. The standard InChI is InChI=1S/C54H102N6O3/c1-4-7-10-13-16-19-22-25-28-31-37-55-40-34-43-58-52(61)49-46-50(53(62)59-44-35-41-56-38-32-29-26-23-20-17-14-11-8-5-2)48-51(47-49)54(63)60-45-36-42-57-39-33-30-27-24-21-18-15-12-9-6-3/h46-48,55-57H,4-45H2,1-3H3,(H,58,61)(H,59,62)(H,60,63). The fourth-order valence-corrected chi connectivity index (χ4v) is 8.16. The molecule has 63 heavy (non-hydrogen) atoms. The van der Waals surface area contributed by atoms with E-state index in [2.05, 4.69) is 52.7 Å². The van der Waals surface area contributed by atoms with E-state index in [1.807, 2.05) is 0 Å². The summed E-state index contributed by atoms with van der Waals surface area (Å²) in [7, 11) is 0. The molecule has 9 heteroatoms. The van der Waals surface area contributed by atoms with E-state index in [1.165, 1.54) is 193 Å². The third kappa shape index (κ3) is 37.4. The van der Waals surface area contributed by atoms with Crippen molar-refractivity contribution in [2.24, 2.45) is 0 Å². The van der Waals surface area contributed by atoms with Crippen LogP contribution in [-0.2, 0) is 0 Å². The first kappa shape index (κ1) is 58.5. The first-order valence-corrected chi connectivity index (χ1v) is 27.1. The van der Waals surface area contributed by atoms with Gasteiger partial charge in [-0.3, -0.25) is 14.4 Å². The van der Waals surface area contributed by atoms with Crippen LogP contribution in [0.3, 0.4) is 0 Å². The molecule has 1 rings (SSSR count). The van der Waals surface area contributed by atoms with E-state index in [-0.39, 0.29) is 17.7 Å². The van der Waals surface area contributed by atoms with Crippen LogP contribution in [0.5, 0.6) is 0 Å². The van der Waals surface area contributed by atoms with Crippen LogP contribution in [0.15, 0.2) is 18.2 Å². The molecule has 0 aliphatic carbocycles. The average Bonchev–Trinajstić information content (AvgIpc) is 3.29. The summed E-state index contributed by atoms with van der Waals surface area (Å²) < 4.78 is 0. The minimum Gasteiger partial charge on any atom is -0.352 e. The summed E-state index contributed by atoms with van der Waals surface area (Å²) in [4.78, 5) is 40.0. The van der Waals surface area contributed by atoms with E-state index < -0.39 is 0 Å². The monoisotopic (exact) mass is 883 g/mol. The Kier molecular flexibility index (Phi) is 42.8. The van der Waals surface area contributed by atoms with Crippen LogP contribution in [-0.4, -0.2) is 76.6 Å². The molecule has 1 aromatic carbocycles. The second kappa shape index (κ2) is 46.1. The summed E-state index contributed by atoms with van der Waals surface area (Å²) in [6.45, 7) is 13.9. The second-order valence-corrected chi connectivity index (χ2v) is 18.4. The van der Waals surface area contributed by atoms with Gasteiger partial charge < -0.3 is 31.9 Å². The van der Waals surface area contributed by atoms with Crippen LogP contribution in [0.4, 0.5) is 0 Å². The van der Waals surface area contributed by atoms with E-state index in [1.54, 1.807) is 18.2 Å². The smallest absolute Gasteiger partial charge is 0.251 e. The molecule has 1 aromatic rings. The summed E-state index contributed by atoms with van der Waals surface area (Å²) in [6.07, 6.45) is 42.4. The largest absolute Gasteiger partial charge is 0.352 e. The van der Waals surface area contributed by atoms with Crippen molar-refractivity contribution in [1.82, 2.24) is 31.9 Å². The van der Waals surface area contributed by atoms with Crippen LogP contribution in [0, 0.1) is 0 Å². The van der Waals surface area contributed by atoms with Gasteiger partial charge in [0.1, 0.15) is 0 Å². The maximum Gasteiger partial charge on any atom is 0.251 e. The minimum absolute atomic E-state index is 0.263. The van der Waals surface area contributed by atoms with E-state index in [9.17, 15) is 14.4 Å². The molecule has 6 N–H and O–H groups in total. The zero-order valence-electron chi connectivity index (χ0n) is 41.7. The number of benzene rings is 1. The molecule has 0 saturated carbocycles. The molecule has 0 saturated heterocycles. The highest BCUT2D eigenvalue weighted by molar-refractivity contribution is 6.04. The van der Waals surface area contributed by atoms with Crippen molar-refractivity contribution in [3.8, 4) is 0 Å². The van der Waals surface area contributed by atoms with Gasteiger partial charge in [0, 0.05) is 36.3 Å². The average molecular weight is 883 g/mol. The van der Waals surface area contributed by atoms with Crippen LogP contribution < -0.4 is 31.9 Å². The lowest BCUT2D eigenvalue weighted by Gasteiger charge is -2.12. The normalized spacial score (nSPS) is 11.3. The van der Waals surface area contributed by atoms with Gasteiger partial charge in [-0.2, -0.15) is 0 Å². The van der Waals surface area contributed by atoms with E-state index in [0.29, 0.717) is 36.3 Å². The Bertz CT molecular complexity index is 1040. The quantitative estimate of drug-likeness (QED) is 0.0362. The fourth-order valence-electron chi connectivity index (χ4n) is 8.16. The van der Waals surface area contributed by atoms with E-state index >= 15 is 0 Å². The predicted octanol–water partition coefficient (Wildman–Crippen LogP) is 12.6. The second-order valence-electron chi connectivity index (χ2n) is 18.4. The fraction of sp³-hybridized carbons (Fsp3) is 0.833. The van der Waals surface area contributed by atoms with Crippen LogP contribution in [0.1, 0.15) is 264 Å². The maximum absolute atomic E-state index is 13.3. The summed E-state index contributed by atoms with van der Waals surface area (Å²) in [5, 5.41) is 19.6. The van der Waals surface area contributed by atoms with E-state index in [4.69, 9.17) is 0 Å². The maximum atomic E-state index is 13.3. The highest BCUT2D eigenvalue weighted by Crippen LogP contribution is 2.14. The lowest BCUT2D eigenvalue weighted by molar-refractivity contribution is 0.0952. The Balaban J connectivity index is 2.46. The Hall–Kier alpha value is -2.49. The van der Waals surface area contributed by atoms with Crippen molar-refractivity contribution >= 4 is 17.7 Å². The molecule has 0 atom stereocenters. The summed E-state index contributed by atoms with van der Waals surface area (Å²) in [5.41, 5.74) is 1.01. The van der Waals surface area contributed by atoms with Gasteiger partial charge in [0.15, 0.2) is 0 Å². The number of rotatable bonds is 48. The number of unbranched alkanes of at least 4 members (excludes halogenated alkanes) is 27. The lowest BCUT2D eigenvalue weighted by Crippen LogP contribution is -2.31. The highest BCUT2D eigenvalue weighted by Gasteiger charge is 2.16. The van der Waals surface area contributed by atoms with Gasteiger partial charge in [0.2, 0.25) is 0 Å². The number of carbonyl (C=O) groups is 3. The Morgan fingerprint density at radius 2 is 0.460 bits per heavy atom. The van der Waals surface area contributed by atoms with Crippen molar-refractivity contribution < 1.29 is 14.4 Å². The summed E-state index contributed by atoms with van der Waals surface area (Å²) in [6, 6.07) is 4.85. The molecule has 3 amide bonds. The van der Waals surface area contributed by atoms with Gasteiger partial charge in [-0.1, -0.05) is 194 Å². The molecule has 0 unspecified atom stereocenters. The van der Waals surface area contributed by atoms with Gasteiger partial charge in [-0.15, -0.1) is 0 Å². The van der Waals surface area contributed by atoms with Gasteiger partial charge in [0.25, 0.3) is 17.7 Å². The molecule has 0 heterocycles. The Morgan fingerprint density at radius 3 is 0.683 bits per heavy atom. The zero-order chi connectivity index (χ0) is 45.5. The van der Waals surface area contributed by atoms with Gasteiger partial charge in [-0.05, 0) is 96.0 Å². The number of carbonyl (C=O) groups excluding carboxylic acids is 3. The molecular formula is C54H102N6O3. The van der Waals surface area contributed by atoms with Gasteiger partial charge in [-0.25, -0.2) is 0 Å². The van der Waals surface area contributed by atoms with Crippen molar-refractivity contribution in [2.75, 3.05) is 58.9 Å². The zero-order valence-corrected chi connectivity index (χ0v) is 41.7. The molecule has 0 bridgehead atoms. The van der Waals surface area contributed by atoms with Crippen molar-refractivity contribution in [3.05, 3.63) is 34.9 Å². The van der Waals surface area contributed by atoms with E-state index in [0.717, 1.165) is 58.5 Å². The van der Waals surface area contributed by atoms with Crippen molar-refractivity contribution in [2.45, 2.75) is 233 Å². The molecule has 0 fully saturated rings. The molecule has 0 spiro atoms. The number of hydrogen-bond acceptors (Lipinski definition) is 6. The highest BCUT2D eigenvalue weighted by atomic mass is 16.2. The van der Waals surface area contributed by atoms with Crippen LogP contribution in [0.2, 0.25) is 0 Å². The molecule has 366 valence electrons. The topological polar surface area (TPSA) is 123 Å². The third-order valence-electron chi connectivity index (χ3n) is 12.3. The van der Waals surface area contributed by atoms with Crippen LogP contribution in [0.25, 0.3) is 0 Å². The number of nitrogens with one attached hydrogen (secondary N) is 6. The molecule has 0 aliphatic rings. The molecule has 0 radical (unpaired) electrons. The predicted molar refractivity (Wildman–Crippen MR) is 271 cm³/mol. The minimum atomic E-state index is -0.263. The van der Waals surface area contributed by atoms with Crippen LogP contribution >= 0.6 is 0 Å². The first-order valence-electron chi connectivity index (χ1n) is 27.1. The number of amides is 3. The lowest BCUT2D eigenvalue weighted by atomic mass is 10.0.